The van der Waals surface area contributed by atoms with Crippen molar-refractivity contribution >= 4 is 11.3 Å². The molecule has 0 bridgehead atoms. The van der Waals surface area contributed by atoms with Crippen molar-refractivity contribution in [1.29, 1.82) is 0 Å². The van der Waals surface area contributed by atoms with Gasteiger partial charge in [-0.15, -0.1) is 11.3 Å². The molecule has 0 radical (unpaired) electrons. The monoisotopic (exact) mass is 254 g/mol. The van der Waals surface area contributed by atoms with Crippen molar-refractivity contribution in [2.24, 2.45) is 17.1 Å². The molecular formula is C13H22N2OS. The van der Waals surface area contributed by atoms with E-state index in [-0.39, 0.29) is 5.41 Å². The molecule has 2 rings (SSSR count). The van der Waals surface area contributed by atoms with Gasteiger partial charge in [-0.3, -0.25) is 0 Å². The van der Waals surface area contributed by atoms with E-state index in [9.17, 15) is 5.11 Å². The maximum atomic E-state index is 10.5. The van der Waals surface area contributed by atoms with Gasteiger partial charge in [0.05, 0.1) is 11.2 Å². The highest BCUT2D eigenvalue weighted by molar-refractivity contribution is 7.07. The van der Waals surface area contributed by atoms with Crippen LogP contribution in [0.2, 0.25) is 0 Å². The van der Waals surface area contributed by atoms with E-state index in [1.54, 1.807) is 5.51 Å². The first-order valence-electron chi connectivity index (χ1n) is 6.48. The van der Waals surface area contributed by atoms with E-state index in [1.807, 2.05) is 5.38 Å². The van der Waals surface area contributed by atoms with E-state index in [1.165, 1.54) is 30.6 Å². The number of hydrogen-bond donors (Lipinski definition) is 2. The third-order valence-electron chi connectivity index (χ3n) is 4.40. The minimum Gasteiger partial charge on any atom is -0.386 e. The van der Waals surface area contributed by atoms with E-state index in [0.717, 1.165) is 24.5 Å². The van der Waals surface area contributed by atoms with Gasteiger partial charge in [-0.25, -0.2) is 4.98 Å². The molecule has 1 aromatic rings. The van der Waals surface area contributed by atoms with E-state index in [4.69, 9.17) is 5.73 Å². The first kappa shape index (κ1) is 13.0. The van der Waals surface area contributed by atoms with Crippen LogP contribution in [-0.2, 0) is 0 Å². The third kappa shape index (κ3) is 2.54. The molecule has 1 saturated carbocycles. The van der Waals surface area contributed by atoms with Gasteiger partial charge in [0.15, 0.2) is 0 Å². The Morgan fingerprint density at radius 3 is 2.76 bits per heavy atom. The van der Waals surface area contributed by atoms with Crippen LogP contribution in [0.4, 0.5) is 0 Å². The lowest BCUT2D eigenvalue weighted by atomic mass is 9.66. The van der Waals surface area contributed by atoms with Crippen LogP contribution in [0.1, 0.15) is 50.8 Å². The zero-order chi connectivity index (χ0) is 12.3. The third-order valence-corrected chi connectivity index (χ3v) is 5.00. The lowest BCUT2D eigenvalue weighted by molar-refractivity contribution is -0.0125. The van der Waals surface area contributed by atoms with E-state index >= 15 is 0 Å². The molecule has 0 aliphatic heterocycles. The number of aliphatic hydroxyl groups is 1. The van der Waals surface area contributed by atoms with Gasteiger partial charge in [0.25, 0.3) is 0 Å². The number of rotatable bonds is 4. The molecule has 1 heterocycles. The lowest BCUT2D eigenvalue weighted by Gasteiger charge is -2.42. The maximum absolute atomic E-state index is 10.5. The molecule has 1 unspecified atom stereocenters. The van der Waals surface area contributed by atoms with Crippen LogP contribution >= 0.6 is 11.3 Å². The second-order valence-corrected chi connectivity index (χ2v) is 5.95. The molecular weight excluding hydrogens is 232 g/mol. The molecule has 1 aromatic heterocycles. The molecule has 1 atom stereocenters. The van der Waals surface area contributed by atoms with Crippen molar-refractivity contribution in [3.8, 4) is 0 Å². The van der Waals surface area contributed by atoms with Crippen molar-refractivity contribution in [2.45, 2.75) is 45.1 Å². The first-order chi connectivity index (χ1) is 8.22. The summed E-state index contributed by atoms with van der Waals surface area (Å²) < 4.78 is 0. The quantitative estimate of drug-likeness (QED) is 0.868. The Hall–Kier alpha value is -0.450. The Morgan fingerprint density at radius 1 is 1.59 bits per heavy atom. The van der Waals surface area contributed by atoms with E-state index in [0.29, 0.717) is 6.54 Å². The van der Waals surface area contributed by atoms with E-state index in [2.05, 4.69) is 11.9 Å². The summed E-state index contributed by atoms with van der Waals surface area (Å²) in [6, 6.07) is 0. The average molecular weight is 254 g/mol. The Bertz CT molecular complexity index is 331. The van der Waals surface area contributed by atoms with Crippen LogP contribution in [0.5, 0.6) is 0 Å². The zero-order valence-electron chi connectivity index (χ0n) is 10.4. The van der Waals surface area contributed by atoms with Gasteiger partial charge in [0.1, 0.15) is 6.10 Å². The minimum atomic E-state index is -0.489. The molecule has 1 fully saturated rings. The second-order valence-electron chi connectivity index (χ2n) is 5.23. The number of thiazole rings is 1. The normalized spacial score (nSPS) is 31.4. The molecule has 17 heavy (non-hydrogen) atoms. The largest absolute Gasteiger partial charge is 0.386 e. The summed E-state index contributed by atoms with van der Waals surface area (Å²) in [5.41, 5.74) is 8.39. The summed E-state index contributed by atoms with van der Waals surface area (Å²) in [6.45, 7) is 2.80. The highest BCUT2D eigenvalue weighted by Gasteiger charge is 2.41. The van der Waals surface area contributed by atoms with Crippen LogP contribution in [0, 0.1) is 11.3 Å². The van der Waals surface area contributed by atoms with Gasteiger partial charge in [0.2, 0.25) is 0 Å². The molecule has 3 N–H and O–H groups in total. The van der Waals surface area contributed by atoms with Crippen LogP contribution in [0.15, 0.2) is 10.9 Å². The predicted molar refractivity (Wildman–Crippen MR) is 70.8 cm³/mol. The van der Waals surface area contributed by atoms with Crippen LogP contribution < -0.4 is 5.73 Å². The fourth-order valence-corrected chi connectivity index (χ4v) is 3.49. The lowest BCUT2D eigenvalue weighted by Crippen LogP contribution is -2.40. The number of nitrogens with zero attached hydrogens (tertiary/aromatic N) is 1. The Balaban J connectivity index is 2.10. The van der Waals surface area contributed by atoms with Gasteiger partial charge in [-0.2, -0.15) is 0 Å². The van der Waals surface area contributed by atoms with Crippen LogP contribution in [0.3, 0.4) is 0 Å². The number of nitrogens with two attached hydrogens (primary N) is 1. The summed E-state index contributed by atoms with van der Waals surface area (Å²) in [5.74, 6) is 0.817. The Morgan fingerprint density at radius 2 is 2.29 bits per heavy atom. The number of aromatic nitrogens is 1. The molecule has 3 nitrogen and oxygen atoms in total. The summed E-state index contributed by atoms with van der Waals surface area (Å²) in [5, 5.41) is 12.4. The molecule has 4 heteroatoms. The summed E-state index contributed by atoms with van der Waals surface area (Å²) in [7, 11) is 0. The predicted octanol–water partition coefficient (Wildman–Crippen LogP) is 2.72. The fourth-order valence-electron chi connectivity index (χ4n) is 2.92. The van der Waals surface area contributed by atoms with Crippen molar-refractivity contribution < 1.29 is 5.11 Å². The van der Waals surface area contributed by atoms with Gasteiger partial charge in [-0.1, -0.05) is 13.3 Å². The molecule has 1 aliphatic carbocycles. The molecule has 1 aliphatic rings. The van der Waals surface area contributed by atoms with Crippen molar-refractivity contribution in [3.05, 3.63) is 16.6 Å². The van der Waals surface area contributed by atoms with E-state index < -0.39 is 6.10 Å². The molecule has 96 valence electrons. The number of hydrogen-bond acceptors (Lipinski definition) is 4. The topological polar surface area (TPSA) is 59.1 Å². The Kier molecular flexibility index (Phi) is 4.17. The fraction of sp³-hybridized carbons (Fsp3) is 0.769. The van der Waals surface area contributed by atoms with Gasteiger partial charge in [-0.05, 0) is 31.6 Å². The highest BCUT2D eigenvalue weighted by Crippen LogP contribution is 2.47. The molecule has 0 saturated heterocycles. The molecule has 0 spiro atoms. The Labute approximate surface area is 107 Å². The van der Waals surface area contributed by atoms with Crippen molar-refractivity contribution in [1.82, 2.24) is 4.98 Å². The highest BCUT2D eigenvalue weighted by atomic mass is 32.1. The van der Waals surface area contributed by atoms with Crippen molar-refractivity contribution in [3.63, 3.8) is 0 Å². The molecule has 0 aromatic carbocycles. The number of aliphatic hydroxyl groups excluding tert-OH is 1. The summed E-state index contributed by atoms with van der Waals surface area (Å²) >= 11 is 1.53. The van der Waals surface area contributed by atoms with Gasteiger partial charge < -0.3 is 10.8 Å². The average Bonchev–Trinajstić information content (AvgIpc) is 2.92. The van der Waals surface area contributed by atoms with Crippen LogP contribution in [0.25, 0.3) is 0 Å². The SMILES string of the molecule is CCC1CCC(CN)(C(O)c2cscn2)CC1. The minimum absolute atomic E-state index is 0.139. The van der Waals surface area contributed by atoms with Crippen LogP contribution in [-0.4, -0.2) is 16.6 Å². The van der Waals surface area contributed by atoms with Gasteiger partial charge >= 0.3 is 0 Å². The smallest absolute Gasteiger partial charge is 0.104 e. The second kappa shape index (κ2) is 5.46. The standard InChI is InChI=1S/C13H22N2OS/c1-2-10-3-5-13(8-14,6-4-10)12(16)11-7-17-9-15-11/h7,9-10,12,16H,2-6,8,14H2,1H3. The first-order valence-corrected chi connectivity index (χ1v) is 7.42. The van der Waals surface area contributed by atoms with Crippen molar-refractivity contribution in [2.75, 3.05) is 6.54 Å². The molecule has 0 amide bonds. The summed E-state index contributed by atoms with van der Waals surface area (Å²) in [6.07, 6.45) is 5.19. The zero-order valence-corrected chi connectivity index (χ0v) is 11.2. The summed E-state index contributed by atoms with van der Waals surface area (Å²) in [4.78, 5) is 4.24. The maximum Gasteiger partial charge on any atom is 0.104 e. The van der Waals surface area contributed by atoms with Gasteiger partial charge in [0, 0.05) is 17.3 Å².